The zero-order valence-corrected chi connectivity index (χ0v) is 9.27. The number of alkyl halides is 3. The van der Waals surface area contributed by atoms with Gasteiger partial charge in [0.15, 0.2) is 0 Å². The van der Waals surface area contributed by atoms with E-state index in [4.69, 9.17) is 0 Å². The fraction of sp³-hybridized carbons (Fsp3) is 0.364. The number of rotatable bonds is 4. The summed E-state index contributed by atoms with van der Waals surface area (Å²) in [6, 6.07) is 4.91. The number of benzene rings is 1. The van der Waals surface area contributed by atoms with Gasteiger partial charge in [0, 0.05) is 13.0 Å². The Morgan fingerprint density at radius 1 is 1.29 bits per heavy atom. The fourth-order valence-corrected chi connectivity index (χ4v) is 1.29. The molecular weight excluding hydrogens is 233 g/mol. The number of hydrogen-bond acceptors (Lipinski definition) is 2. The van der Waals surface area contributed by atoms with Gasteiger partial charge in [-0.1, -0.05) is 12.1 Å². The van der Waals surface area contributed by atoms with Crippen LogP contribution in [-0.4, -0.2) is 19.5 Å². The molecule has 0 fully saturated rings. The van der Waals surface area contributed by atoms with E-state index in [-0.39, 0.29) is 12.1 Å². The van der Waals surface area contributed by atoms with Crippen LogP contribution in [0.15, 0.2) is 24.3 Å². The smallest absolute Gasteiger partial charge is 0.325 e. The van der Waals surface area contributed by atoms with E-state index in [1.54, 1.807) is 7.05 Å². The van der Waals surface area contributed by atoms with Gasteiger partial charge in [-0.05, 0) is 19.2 Å². The molecule has 0 aliphatic carbocycles. The fourth-order valence-electron chi connectivity index (χ4n) is 1.29. The van der Waals surface area contributed by atoms with Crippen LogP contribution in [0.1, 0.15) is 12.0 Å². The van der Waals surface area contributed by atoms with Crippen molar-refractivity contribution in [3.63, 3.8) is 0 Å². The van der Waals surface area contributed by atoms with Crippen molar-refractivity contribution in [2.45, 2.75) is 12.6 Å². The minimum absolute atomic E-state index is 0.128. The van der Waals surface area contributed by atoms with Crippen molar-refractivity contribution in [2.75, 3.05) is 18.9 Å². The van der Waals surface area contributed by atoms with Gasteiger partial charge in [0.25, 0.3) is 0 Å². The highest BCUT2D eigenvalue weighted by molar-refractivity contribution is 5.91. The molecule has 2 N–H and O–H groups in total. The largest absolute Gasteiger partial charge is 0.418 e. The Labute approximate surface area is 97.0 Å². The summed E-state index contributed by atoms with van der Waals surface area (Å²) >= 11 is 0. The minimum atomic E-state index is -4.47. The summed E-state index contributed by atoms with van der Waals surface area (Å²) in [6.07, 6.45) is -4.34. The lowest BCUT2D eigenvalue weighted by Gasteiger charge is -2.13. The van der Waals surface area contributed by atoms with Crippen LogP contribution < -0.4 is 10.6 Å². The van der Waals surface area contributed by atoms with Crippen LogP contribution in [0.5, 0.6) is 0 Å². The van der Waals surface area contributed by atoms with E-state index < -0.39 is 17.6 Å². The Kier molecular flexibility index (Phi) is 4.51. The van der Waals surface area contributed by atoms with Crippen molar-refractivity contribution in [3.8, 4) is 0 Å². The van der Waals surface area contributed by atoms with Gasteiger partial charge >= 0.3 is 6.18 Å². The van der Waals surface area contributed by atoms with Crippen molar-refractivity contribution in [3.05, 3.63) is 29.8 Å². The Morgan fingerprint density at radius 2 is 1.94 bits per heavy atom. The first-order chi connectivity index (χ1) is 7.95. The molecule has 0 saturated heterocycles. The Balaban J connectivity index is 2.81. The van der Waals surface area contributed by atoms with Gasteiger partial charge in [-0.3, -0.25) is 4.79 Å². The quantitative estimate of drug-likeness (QED) is 0.855. The second kappa shape index (κ2) is 5.67. The molecule has 0 aromatic heterocycles. The molecule has 0 aliphatic rings. The average molecular weight is 246 g/mol. The Bertz CT molecular complexity index is 391. The molecule has 0 spiro atoms. The third-order valence-electron chi connectivity index (χ3n) is 2.11. The zero-order valence-electron chi connectivity index (χ0n) is 9.27. The first-order valence-electron chi connectivity index (χ1n) is 5.06. The van der Waals surface area contributed by atoms with Gasteiger partial charge in [0.05, 0.1) is 11.3 Å². The number of nitrogens with one attached hydrogen (secondary N) is 2. The van der Waals surface area contributed by atoms with Gasteiger partial charge in [0.1, 0.15) is 0 Å². The summed E-state index contributed by atoms with van der Waals surface area (Å²) in [5, 5.41) is 5.00. The van der Waals surface area contributed by atoms with Crippen molar-refractivity contribution in [1.29, 1.82) is 0 Å². The van der Waals surface area contributed by atoms with Crippen LogP contribution >= 0.6 is 0 Å². The number of carbonyl (C=O) groups excluding carboxylic acids is 1. The Hall–Kier alpha value is -1.56. The summed E-state index contributed by atoms with van der Waals surface area (Å²) in [5.41, 5.74) is -1.04. The molecule has 1 aromatic carbocycles. The lowest BCUT2D eigenvalue weighted by atomic mass is 10.1. The number of hydrogen-bond donors (Lipinski definition) is 2. The van der Waals surface area contributed by atoms with E-state index in [2.05, 4.69) is 10.6 Å². The number of anilines is 1. The van der Waals surface area contributed by atoms with E-state index in [0.717, 1.165) is 6.07 Å². The molecule has 0 heterocycles. The molecule has 6 heteroatoms. The number of para-hydroxylation sites is 1. The van der Waals surface area contributed by atoms with Crippen LogP contribution in [0.2, 0.25) is 0 Å². The van der Waals surface area contributed by atoms with Gasteiger partial charge in [-0.25, -0.2) is 0 Å². The van der Waals surface area contributed by atoms with Crippen LogP contribution in [0.25, 0.3) is 0 Å². The molecule has 1 aromatic rings. The van der Waals surface area contributed by atoms with Crippen molar-refractivity contribution in [1.82, 2.24) is 5.32 Å². The molecule has 94 valence electrons. The molecule has 0 radical (unpaired) electrons. The van der Waals surface area contributed by atoms with E-state index in [1.807, 2.05) is 0 Å². The SMILES string of the molecule is CNCCC(=O)Nc1ccccc1C(F)(F)F. The molecule has 0 unspecified atom stereocenters. The third-order valence-corrected chi connectivity index (χ3v) is 2.11. The highest BCUT2D eigenvalue weighted by Gasteiger charge is 2.33. The third kappa shape index (κ3) is 4.07. The molecular formula is C11H13F3N2O. The maximum absolute atomic E-state index is 12.6. The van der Waals surface area contributed by atoms with Crippen LogP contribution in [0, 0.1) is 0 Å². The first-order valence-corrected chi connectivity index (χ1v) is 5.06. The van der Waals surface area contributed by atoms with Crippen LogP contribution in [0.3, 0.4) is 0 Å². The number of carbonyl (C=O) groups is 1. The van der Waals surface area contributed by atoms with E-state index in [0.29, 0.717) is 6.54 Å². The normalized spacial score (nSPS) is 11.3. The summed E-state index contributed by atoms with van der Waals surface area (Å²) in [6.45, 7) is 0.417. The molecule has 0 aliphatic heterocycles. The van der Waals surface area contributed by atoms with Gasteiger partial charge in [0.2, 0.25) is 5.91 Å². The predicted molar refractivity (Wildman–Crippen MR) is 58.6 cm³/mol. The maximum Gasteiger partial charge on any atom is 0.418 e. The topological polar surface area (TPSA) is 41.1 Å². The van der Waals surface area contributed by atoms with E-state index in [1.165, 1.54) is 18.2 Å². The highest BCUT2D eigenvalue weighted by Crippen LogP contribution is 2.34. The number of halogens is 3. The lowest BCUT2D eigenvalue weighted by molar-refractivity contribution is -0.137. The summed E-state index contributed by atoms with van der Waals surface area (Å²) in [5.74, 6) is -0.448. The summed E-state index contributed by atoms with van der Waals surface area (Å²) < 4.78 is 37.8. The van der Waals surface area contributed by atoms with Crippen LogP contribution in [-0.2, 0) is 11.0 Å². The minimum Gasteiger partial charge on any atom is -0.325 e. The molecule has 1 amide bonds. The Morgan fingerprint density at radius 3 is 2.53 bits per heavy atom. The highest BCUT2D eigenvalue weighted by atomic mass is 19.4. The van der Waals surface area contributed by atoms with Gasteiger partial charge in [-0.15, -0.1) is 0 Å². The van der Waals surface area contributed by atoms with Crippen molar-refractivity contribution < 1.29 is 18.0 Å². The first kappa shape index (κ1) is 13.5. The van der Waals surface area contributed by atoms with E-state index in [9.17, 15) is 18.0 Å². The molecule has 0 saturated carbocycles. The van der Waals surface area contributed by atoms with Gasteiger partial charge in [-0.2, -0.15) is 13.2 Å². The summed E-state index contributed by atoms with van der Waals surface area (Å²) in [4.78, 5) is 11.3. The molecule has 1 rings (SSSR count). The predicted octanol–water partition coefficient (Wildman–Crippen LogP) is 2.25. The van der Waals surface area contributed by atoms with Crippen molar-refractivity contribution >= 4 is 11.6 Å². The number of amides is 1. The molecule has 0 bridgehead atoms. The molecule has 17 heavy (non-hydrogen) atoms. The maximum atomic E-state index is 12.6. The zero-order chi connectivity index (χ0) is 12.9. The van der Waals surface area contributed by atoms with Crippen LogP contribution in [0.4, 0.5) is 18.9 Å². The monoisotopic (exact) mass is 246 g/mol. The van der Waals surface area contributed by atoms with Gasteiger partial charge < -0.3 is 10.6 Å². The lowest BCUT2D eigenvalue weighted by Crippen LogP contribution is -2.20. The second-order valence-electron chi connectivity index (χ2n) is 3.45. The molecule has 3 nitrogen and oxygen atoms in total. The van der Waals surface area contributed by atoms with E-state index >= 15 is 0 Å². The second-order valence-corrected chi connectivity index (χ2v) is 3.45. The summed E-state index contributed by atoms with van der Waals surface area (Å²) in [7, 11) is 1.66. The van der Waals surface area contributed by atoms with Crippen molar-refractivity contribution in [2.24, 2.45) is 0 Å². The molecule has 0 atom stereocenters. The average Bonchev–Trinajstić information content (AvgIpc) is 2.25. The standard InChI is InChI=1S/C11H13F3N2O/c1-15-7-6-10(17)16-9-5-3-2-4-8(9)11(12,13)14/h2-5,15H,6-7H2,1H3,(H,16,17).